The van der Waals surface area contributed by atoms with E-state index < -0.39 is 0 Å². The highest BCUT2D eigenvalue weighted by Gasteiger charge is 2.22. The van der Waals surface area contributed by atoms with Crippen molar-refractivity contribution >= 4 is 5.78 Å². The molecule has 98 valence electrons. The molecule has 19 heavy (non-hydrogen) atoms. The number of carbonyl (C=O) groups excluding carboxylic acids is 1. The lowest BCUT2D eigenvalue weighted by Gasteiger charge is -2.13. The van der Waals surface area contributed by atoms with Gasteiger partial charge in [-0.25, -0.2) is 9.97 Å². The molecule has 0 atom stereocenters. The van der Waals surface area contributed by atoms with Gasteiger partial charge in [0, 0.05) is 30.4 Å². The average Bonchev–Trinajstić information content (AvgIpc) is 2.90. The van der Waals surface area contributed by atoms with Crippen LogP contribution in [0.15, 0.2) is 24.8 Å². The molecule has 2 heterocycles. The molecule has 0 unspecified atom stereocenters. The zero-order valence-corrected chi connectivity index (χ0v) is 10.8. The van der Waals surface area contributed by atoms with Gasteiger partial charge in [-0.2, -0.15) is 0 Å². The number of Topliss-reactive ketones (excluding diaryl/α,β-unsaturated/α-hetero) is 1. The fourth-order valence-corrected chi connectivity index (χ4v) is 2.45. The summed E-state index contributed by atoms with van der Waals surface area (Å²) in [7, 11) is 1.56. The second-order valence-corrected chi connectivity index (χ2v) is 4.61. The van der Waals surface area contributed by atoms with Gasteiger partial charge in [-0.3, -0.25) is 4.79 Å². The summed E-state index contributed by atoms with van der Waals surface area (Å²) in [6.45, 7) is 0. The van der Waals surface area contributed by atoms with Gasteiger partial charge in [0.2, 0.25) is 5.88 Å². The van der Waals surface area contributed by atoms with Gasteiger partial charge in [0.25, 0.3) is 0 Å². The average molecular weight is 257 g/mol. The Morgan fingerprint density at radius 1 is 1.32 bits per heavy atom. The standard InChI is InChI=1S/C14H15N3O2/c1-19-13-8-11(17-7-6-15-9-17)10-4-2-3-5-12(18)14(10)16-13/h6-9H,2-5H2,1H3. The van der Waals surface area contributed by atoms with Crippen molar-refractivity contribution in [1.82, 2.24) is 14.5 Å². The molecule has 0 fully saturated rings. The van der Waals surface area contributed by atoms with E-state index in [-0.39, 0.29) is 5.78 Å². The highest BCUT2D eigenvalue weighted by Crippen LogP contribution is 2.28. The van der Waals surface area contributed by atoms with Crippen molar-refractivity contribution in [3.63, 3.8) is 0 Å². The summed E-state index contributed by atoms with van der Waals surface area (Å²) in [5, 5.41) is 0. The van der Waals surface area contributed by atoms with E-state index >= 15 is 0 Å². The number of hydrogen-bond donors (Lipinski definition) is 0. The Hall–Kier alpha value is -2.17. The largest absolute Gasteiger partial charge is 0.481 e. The number of aromatic nitrogens is 3. The monoisotopic (exact) mass is 257 g/mol. The fourth-order valence-electron chi connectivity index (χ4n) is 2.45. The number of ketones is 1. The maximum Gasteiger partial charge on any atom is 0.215 e. The molecule has 2 aromatic heterocycles. The molecule has 5 heteroatoms. The van der Waals surface area contributed by atoms with Crippen LogP contribution in [0.25, 0.3) is 5.69 Å². The van der Waals surface area contributed by atoms with E-state index in [4.69, 9.17) is 4.74 Å². The highest BCUT2D eigenvalue weighted by molar-refractivity contribution is 5.97. The van der Waals surface area contributed by atoms with Crippen LogP contribution in [0.5, 0.6) is 5.88 Å². The quantitative estimate of drug-likeness (QED) is 0.774. The summed E-state index contributed by atoms with van der Waals surface area (Å²) in [6.07, 6.45) is 8.67. The number of methoxy groups -OCH3 is 1. The van der Waals surface area contributed by atoms with Crippen molar-refractivity contribution in [2.75, 3.05) is 7.11 Å². The third-order valence-corrected chi connectivity index (χ3v) is 3.41. The zero-order valence-electron chi connectivity index (χ0n) is 10.8. The molecule has 0 aromatic carbocycles. The molecule has 0 saturated heterocycles. The summed E-state index contributed by atoms with van der Waals surface area (Å²) in [6, 6.07) is 1.86. The molecule has 0 saturated carbocycles. The molecule has 3 rings (SSSR count). The van der Waals surface area contributed by atoms with Crippen LogP contribution in [-0.4, -0.2) is 27.4 Å². The van der Waals surface area contributed by atoms with Gasteiger partial charge in [-0.15, -0.1) is 0 Å². The van der Waals surface area contributed by atoms with Crippen LogP contribution in [0.1, 0.15) is 35.3 Å². The van der Waals surface area contributed by atoms with Gasteiger partial charge >= 0.3 is 0 Å². The molecule has 1 aliphatic rings. The predicted octanol–water partition coefficient (Wildman–Crippen LogP) is 2.18. The third-order valence-electron chi connectivity index (χ3n) is 3.41. The Kier molecular flexibility index (Phi) is 3.03. The van der Waals surface area contributed by atoms with Crippen molar-refractivity contribution in [2.24, 2.45) is 0 Å². The number of rotatable bonds is 2. The normalized spacial score (nSPS) is 14.9. The first-order valence-corrected chi connectivity index (χ1v) is 6.39. The molecule has 0 N–H and O–H groups in total. The number of hydrogen-bond acceptors (Lipinski definition) is 4. The van der Waals surface area contributed by atoms with E-state index in [0.717, 1.165) is 30.5 Å². The first kappa shape index (κ1) is 11.9. The van der Waals surface area contributed by atoms with Crippen molar-refractivity contribution in [1.29, 1.82) is 0 Å². The van der Waals surface area contributed by atoms with Gasteiger partial charge in [0.15, 0.2) is 5.78 Å². The molecule has 0 amide bonds. The van der Waals surface area contributed by atoms with Gasteiger partial charge in [0.1, 0.15) is 5.69 Å². The van der Waals surface area contributed by atoms with E-state index in [0.29, 0.717) is 18.0 Å². The molecular formula is C14H15N3O2. The molecule has 0 spiro atoms. The topological polar surface area (TPSA) is 57.0 Å². The highest BCUT2D eigenvalue weighted by atomic mass is 16.5. The lowest BCUT2D eigenvalue weighted by molar-refractivity contribution is 0.0976. The second-order valence-electron chi connectivity index (χ2n) is 4.61. The third kappa shape index (κ3) is 2.12. The summed E-state index contributed by atoms with van der Waals surface area (Å²) in [5.74, 6) is 0.575. The lowest BCUT2D eigenvalue weighted by atomic mass is 10.1. The lowest BCUT2D eigenvalue weighted by Crippen LogP contribution is -2.09. The van der Waals surface area contributed by atoms with Crippen LogP contribution in [0, 0.1) is 0 Å². The number of ether oxygens (including phenoxy) is 1. The van der Waals surface area contributed by atoms with Gasteiger partial charge < -0.3 is 9.30 Å². The summed E-state index contributed by atoms with van der Waals surface area (Å²) in [5.41, 5.74) is 2.50. The van der Waals surface area contributed by atoms with E-state index in [9.17, 15) is 4.79 Å². The Bertz CT molecular complexity index is 605. The van der Waals surface area contributed by atoms with Crippen molar-refractivity contribution in [3.8, 4) is 11.6 Å². The smallest absolute Gasteiger partial charge is 0.215 e. The first-order valence-electron chi connectivity index (χ1n) is 6.39. The number of imidazole rings is 1. The van der Waals surface area contributed by atoms with E-state index in [1.54, 1.807) is 19.6 Å². The van der Waals surface area contributed by atoms with Gasteiger partial charge in [-0.05, 0) is 19.3 Å². The Labute approximate surface area is 111 Å². The molecule has 5 nitrogen and oxygen atoms in total. The van der Waals surface area contributed by atoms with Crippen molar-refractivity contribution in [2.45, 2.75) is 25.7 Å². The molecular weight excluding hydrogens is 242 g/mol. The number of pyridine rings is 1. The van der Waals surface area contributed by atoms with E-state index in [2.05, 4.69) is 9.97 Å². The first-order chi connectivity index (χ1) is 9.29. The predicted molar refractivity (Wildman–Crippen MR) is 69.8 cm³/mol. The van der Waals surface area contributed by atoms with Crippen molar-refractivity contribution < 1.29 is 9.53 Å². The molecule has 0 radical (unpaired) electrons. The molecule has 2 aromatic rings. The summed E-state index contributed by atoms with van der Waals surface area (Å²) >= 11 is 0. The minimum atomic E-state index is 0.104. The molecule has 1 aliphatic carbocycles. The molecule has 0 bridgehead atoms. The summed E-state index contributed by atoms with van der Waals surface area (Å²) < 4.78 is 7.12. The Morgan fingerprint density at radius 3 is 2.89 bits per heavy atom. The number of carbonyl (C=O) groups is 1. The summed E-state index contributed by atoms with van der Waals surface area (Å²) in [4.78, 5) is 20.6. The maximum atomic E-state index is 12.2. The second kappa shape index (κ2) is 4.84. The van der Waals surface area contributed by atoms with Crippen LogP contribution in [0.4, 0.5) is 0 Å². The van der Waals surface area contributed by atoms with Crippen LogP contribution in [0.3, 0.4) is 0 Å². The van der Waals surface area contributed by atoms with Crippen LogP contribution >= 0.6 is 0 Å². The Balaban J connectivity index is 2.23. The number of nitrogens with zero attached hydrogens (tertiary/aromatic N) is 3. The van der Waals surface area contributed by atoms with E-state index in [1.807, 2.05) is 16.8 Å². The Morgan fingerprint density at radius 2 is 2.16 bits per heavy atom. The van der Waals surface area contributed by atoms with Gasteiger partial charge in [0.05, 0.1) is 19.1 Å². The van der Waals surface area contributed by atoms with Crippen LogP contribution in [-0.2, 0) is 6.42 Å². The van der Waals surface area contributed by atoms with Crippen LogP contribution < -0.4 is 4.74 Å². The van der Waals surface area contributed by atoms with Crippen LogP contribution in [0.2, 0.25) is 0 Å². The number of fused-ring (bicyclic) bond motifs is 1. The van der Waals surface area contributed by atoms with Gasteiger partial charge in [-0.1, -0.05) is 0 Å². The zero-order chi connectivity index (χ0) is 13.2. The van der Waals surface area contributed by atoms with E-state index in [1.165, 1.54) is 0 Å². The van der Waals surface area contributed by atoms with Crippen molar-refractivity contribution in [3.05, 3.63) is 36.0 Å². The molecule has 0 aliphatic heterocycles. The maximum absolute atomic E-state index is 12.2. The SMILES string of the molecule is COc1cc(-n2ccnc2)c2c(n1)C(=O)CCCC2. The minimum absolute atomic E-state index is 0.104. The minimum Gasteiger partial charge on any atom is -0.481 e. The fraction of sp³-hybridized carbons (Fsp3) is 0.357.